The topological polar surface area (TPSA) is 30.9 Å². The van der Waals surface area contributed by atoms with Crippen LogP contribution in [-0.4, -0.2) is 38.0 Å². The van der Waals surface area contributed by atoms with E-state index in [2.05, 4.69) is 35.3 Å². The number of fused-ring (bicyclic) bond motifs is 2. The predicted molar refractivity (Wildman–Crippen MR) is 86.8 cm³/mol. The minimum absolute atomic E-state index is 0.0672. The molecule has 0 bridgehead atoms. The van der Waals surface area contributed by atoms with Crippen LogP contribution in [0.3, 0.4) is 0 Å². The van der Waals surface area contributed by atoms with Crippen molar-refractivity contribution in [2.24, 2.45) is 0 Å². The van der Waals surface area contributed by atoms with Crippen LogP contribution in [0.4, 0.5) is 0 Å². The Balaban J connectivity index is 1.73. The monoisotopic (exact) mass is 311 g/mol. The molecular formula is C19H21NO3. The zero-order valence-corrected chi connectivity index (χ0v) is 13.4. The van der Waals surface area contributed by atoms with Crippen LogP contribution >= 0.6 is 0 Å². The quantitative estimate of drug-likeness (QED) is 0.798. The molecule has 1 spiro atoms. The zero-order valence-electron chi connectivity index (χ0n) is 13.4. The zero-order chi connectivity index (χ0) is 15.4. The number of ether oxygens (including phenoxy) is 3. The molecule has 120 valence electrons. The third-order valence-corrected chi connectivity index (χ3v) is 5.76. The van der Waals surface area contributed by atoms with Gasteiger partial charge in [0.1, 0.15) is 0 Å². The lowest BCUT2D eigenvalue weighted by molar-refractivity contribution is 0.0587. The fourth-order valence-electron chi connectivity index (χ4n) is 4.65. The number of nitrogens with zero attached hydrogens (tertiary/aromatic N) is 1. The van der Waals surface area contributed by atoms with Crippen LogP contribution in [0.2, 0.25) is 0 Å². The van der Waals surface area contributed by atoms with Crippen LogP contribution in [0.25, 0.3) is 0 Å². The molecule has 1 aromatic rings. The van der Waals surface area contributed by atoms with E-state index >= 15 is 0 Å². The smallest absolute Gasteiger partial charge is 0.231 e. The molecule has 0 aromatic heterocycles. The molecule has 4 aliphatic rings. The summed E-state index contributed by atoms with van der Waals surface area (Å²) in [5, 5.41) is 0. The van der Waals surface area contributed by atoms with Gasteiger partial charge in [0.05, 0.1) is 11.6 Å². The summed E-state index contributed by atoms with van der Waals surface area (Å²) < 4.78 is 17.0. The van der Waals surface area contributed by atoms with E-state index in [4.69, 9.17) is 14.2 Å². The Morgan fingerprint density at radius 2 is 2.13 bits per heavy atom. The normalized spacial score (nSPS) is 31.2. The molecule has 0 amide bonds. The Hall–Kier alpha value is -1.78. The van der Waals surface area contributed by atoms with Crippen LogP contribution in [0, 0.1) is 0 Å². The molecular weight excluding hydrogens is 290 g/mol. The van der Waals surface area contributed by atoms with Crippen molar-refractivity contribution in [2.75, 3.05) is 27.0 Å². The minimum atomic E-state index is -0.0672. The van der Waals surface area contributed by atoms with E-state index in [1.54, 1.807) is 7.11 Å². The first-order valence-corrected chi connectivity index (χ1v) is 8.41. The van der Waals surface area contributed by atoms with Gasteiger partial charge in [0.15, 0.2) is 11.5 Å². The van der Waals surface area contributed by atoms with E-state index in [1.807, 2.05) is 0 Å². The summed E-state index contributed by atoms with van der Waals surface area (Å²) in [5.74, 6) is 1.78. The lowest BCUT2D eigenvalue weighted by Gasteiger charge is -2.44. The number of benzene rings is 1. The van der Waals surface area contributed by atoms with Crippen molar-refractivity contribution in [3.8, 4) is 11.5 Å². The predicted octanol–water partition coefficient (Wildman–Crippen LogP) is 2.77. The lowest BCUT2D eigenvalue weighted by Crippen LogP contribution is -2.47. The van der Waals surface area contributed by atoms with Gasteiger partial charge in [-0.2, -0.15) is 0 Å². The molecule has 1 aliphatic carbocycles. The van der Waals surface area contributed by atoms with Gasteiger partial charge in [-0.3, -0.25) is 4.90 Å². The van der Waals surface area contributed by atoms with Gasteiger partial charge in [-0.25, -0.2) is 0 Å². The molecule has 23 heavy (non-hydrogen) atoms. The highest BCUT2D eigenvalue weighted by atomic mass is 16.7. The molecule has 0 radical (unpaired) electrons. The molecule has 1 aromatic carbocycles. The Morgan fingerprint density at radius 1 is 1.26 bits per heavy atom. The van der Waals surface area contributed by atoms with E-state index < -0.39 is 0 Å². The molecule has 4 heteroatoms. The largest absolute Gasteiger partial charge is 0.454 e. The van der Waals surface area contributed by atoms with Crippen molar-refractivity contribution in [2.45, 2.75) is 30.9 Å². The van der Waals surface area contributed by atoms with Gasteiger partial charge in [0, 0.05) is 20.1 Å². The molecule has 4 nitrogen and oxygen atoms in total. The number of aryl methyl sites for hydroxylation is 1. The van der Waals surface area contributed by atoms with Crippen molar-refractivity contribution in [3.63, 3.8) is 0 Å². The van der Waals surface area contributed by atoms with E-state index in [-0.39, 0.29) is 11.6 Å². The van der Waals surface area contributed by atoms with Crippen LogP contribution in [-0.2, 0) is 16.7 Å². The van der Waals surface area contributed by atoms with Gasteiger partial charge in [-0.05, 0) is 48.2 Å². The van der Waals surface area contributed by atoms with Crippen molar-refractivity contribution < 1.29 is 14.2 Å². The molecule has 5 rings (SSSR count). The van der Waals surface area contributed by atoms with E-state index in [0.717, 1.165) is 37.4 Å². The number of rotatable bonds is 1. The molecule has 0 fully saturated rings. The van der Waals surface area contributed by atoms with Gasteiger partial charge in [0.2, 0.25) is 6.79 Å². The van der Waals surface area contributed by atoms with Crippen LogP contribution < -0.4 is 9.47 Å². The molecule has 3 aliphatic heterocycles. The Morgan fingerprint density at radius 3 is 3.00 bits per heavy atom. The van der Waals surface area contributed by atoms with E-state index in [0.29, 0.717) is 6.79 Å². The van der Waals surface area contributed by atoms with Gasteiger partial charge in [0.25, 0.3) is 0 Å². The van der Waals surface area contributed by atoms with Crippen molar-refractivity contribution in [1.29, 1.82) is 0 Å². The molecule has 2 atom stereocenters. The Kier molecular flexibility index (Phi) is 2.88. The summed E-state index contributed by atoms with van der Waals surface area (Å²) >= 11 is 0. The third kappa shape index (κ3) is 1.79. The molecule has 0 saturated carbocycles. The van der Waals surface area contributed by atoms with Crippen molar-refractivity contribution in [1.82, 2.24) is 4.90 Å². The summed E-state index contributed by atoms with van der Waals surface area (Å²) in [6.07, 6.45) is 10.2. The summed E-state index contributed by atoms with van der Waals surface area (Å²) in [6, 6.07) is 4.42. The van der Waals surface area contributed by atoms with E-state index in [1.165, 1.54) is 23.1 Å². The maximum absolute atomic E-state index is 5.69. The molecule has 0 N–H and O–H groups in total. The minimum Gasteiger partial charge on any atom is -0.454 e. The first kappa shape index (κ1) is 13.6. The second-order valence-corrected chi connectivity index (χ2v) is 6.77. The number of hydrogen-bond acceptors (Lipinski definition) is 4. The third-order valence-electron chi connectivity index (χ3n) is 5.76. The lowest BCUT2D eigenvalue weighted by atomic mass is 9.74. The highest BCUT2D eigenvalue weighted by Crippen LogP contribution is 2.52. The SMILES string of the molecule is CO[C@@H]1C=CC2=CCN3CCCc4cc5c(cc4[C@]23C1)OCO5. The van der Waals surface area contributed by atoms with Gasteiger partial charge >= 0.3 is 0 Å². The van der Waals surface area contributed by atoms with Crippen LogP contribution in [0.1, 0.15) is 24.0 Å². The van der Waals surface area contributed by atoms with Crippen LogP contribution in [0.15, 0.2) is 35.9 Å². The first-order chi connectivity index (χ1) is 11.3. The Labute approximate surface area is 136 Å². The van der Waals surface area contributed by atoms with Crippen molar-refractivity contribution in [3.05, 3.63) is 47.1 Å². The van der Waals surface area contributed by atoms with Crippen molar-refractivity contribution >= 4 is 0 Å². The standard InChI is InChI=1S/C19H21NO3/c1-21-15-5-4-14-6-8-20-7-2-3-13-9-17-18(23-12-22-17)10-16(13)19(14,20)11-15/h4-6,9-10,15H,2-3,7-8,11-12H2,1H3/t15-,19+/m1/s1. The number of hydrogen-bond donors (Lipinski definition) is 0. The van der Waals surface area contributed by atoms with E-state index in [9.17, 15) is 0 Å². The maximum atomic E-state index is 5.69. The fourth-order valence-corrected chi connectivity index (χ4v) is 4.65. The fraction of sp³-hybridized carbons (Fsp3) is 0.474. The van der Waals surface area contributed by atoms with Gasteiger partial charge in [-0.1, -0.05) is 18.2 Å². The molecule has 0 unspecified atom stereocenters. The summed E-state index contributed by atoms with van der Waals surface area (Å²) in [4.78, 5) is 2.62. The number of methoxy groups -OCH3 is 1. The average molecular weight is 311 g/mol. The van der Waals surface area contributed by atoms with Crippen LogP contribution in [0.5, 0.6) is 11.5 Å². The summed E-state index contributed by atoms with van der Waals surface area (Å²) in [5.41, 5.74) is 4.12. The molecule has 3 heterocycles. The summed E-state index contributed by atoms with van der Waals surface area (Å²) in [7, 11) is 1.80. The highest BCUT2D eigenvalue weighted by molar-refractivity contribution is 5.57. The first-order valence-electron chi connectivity index (χ1n) is 8.41. The van der Waals surface area contributed by atoms with Gasteiger partial charge in [-0.15, -0.1) is 0 Å². The average Bonchev–Trinajstić information content (AvgIpc) is 3.15. The second kappa shape index (κ2) is 4.86. The van der Waals surface area contributed by atoms with Gasteiger partial charge < -0.3 is 14.2 Å². The maximum Gasteiger partial charge on any atom is 0.231 e. The Bertz CT molecular complexity index is 724. The highest BCUT2D eigenvalue weighted by Gasteiger charge is 2.49. The summed E-state index contributed by atoms with van der Waals surface area (Å²) in [6.45, 7) is 2.47. The molecule has 0 saturated heterocycles. The second-order valence-electron chi connectivity index (χ2n) is 6.77.